The van der Waals surface area contributed by atoms with Gasteiger partial charge < -0.3 is 9.80 Å². The Balaban J connectivity index is 1.35. The molecule has 3 aromatic rings. The van der Waals surface area contributed by atoms with Gasteiger partial charge >= 0.3 is 0 Å². The molecule has 0 aromatic carbocycles. The molecule has 0 N–H and O–H groups in total. The Labute approximate surface area is 159 Å². The van der Waals surface area contributed by atoms with E-state index in [9.17, 15) is 0 Å². The number of aryl methyl sites for hydroxylation is 1. The van der Waals surface area contributed by atoms with Crippen LogP contribution in [0.1, 0.15) is 31.2 Å². The van der Waals surface area contributed by atoms with Gasteiger partial charge in [0, 0.05) is 67.6 Å². The third-order valence-electron chi connectivity index (χ3n) is 5.87. The van der Waals surface area contributed by atoms with Crippen LogP contribution in [0.15, 0.2) is 30.7 Å². The average Bonchev–Trinajstić information content (AvgIpc) is 3.35. The molecule has 2 unspecified atom stereocenters. The lowest BCUT2D eigenvalue weighted by atomic mass is 10.0. The molecule has 7 nitrogen and oxygen atoms in total. The van der Waals surface area contributed by atoms with Gasteiger partial charge in [-0.25, -0.2) is 15.0 Å². The summed E-state index contributed by atoms with van der Waals surface area (Å²) in [5, 5.41) is 4.47. The Morgan fingerprint density at radius 3 is 2.48 bits per heavy atom. The number of anilines is 2. The monoisotopic (exact) mass is 363 g/mol. The first kappa shape index (κ1) is 16.5. The topological polar surface area (TPSA) is 62.5 Å². The minimum atomic E-state index is 0.427. The van der Waals surface area contributed by atoms with Crippen LogP contribution in [0.5, 0.6) is 0 Å². The summed E-state index contributed by atoms with van der Waals surface area (Å²) in [4.78, 5) is 18.4. The number of aromatic nitrogens is 5. The Morgan fingerprint density at radius 2 is 1.74 bits per heavy atom. The fourth-order valence-corrected chi connectivity index (χ4v) is 4.46. The molecule has 2 aliphatic rings. The van der Waals surface area contributed by atoms with Crippen molar-refractivity contribution in [1.29, 1.82) is 0 Å². The summed E-state index contributed by atoms with van der Waals surface area (Å²) in [7, 11) is 0. The van der Waals surface area contributed by atoms with E-state index in [1.54, 1.807) is 6.33 Å². The van der Waals surface area contributed by atoms with Gasteiger partial charge in [-0.1, -0.05) is 13.8 Å². The zero-order valence-corrected chi connectivity index (χ0v) is 16.1. The highest BCUT2D eigenvalue weighted by molar-refractivity contribution is 5.52. The lowest BCUT2D eigenvalue weighted by Crippen LogP contribution is -2.30. The molecule has 0 aliphatic carbocycles. The van der Waals surface area contributed by atoms with Crippen LogP contribution in [0.2, 0.25) is 0 Å². The van der Waals surface area contributed by atoms with Crippen molar-refractivity contribution in [2.24, 2.45) is 11.8 Å². The summed E-state index contributed by atoms with van der Waals surface area (Å²) >= 11 is 0. The number of hydrogen-bond acceptors (Lipinski definition) is 6. The van der Waals surface area contributed by atoms with E-state index in [0.717, 1.165) is 54.8 Å². The molecule has 5 heterocycles. The number of nitrogens with zero attached hydrogens (tertiary/aromatic N) is 7. The summed E-state index contributed by atoms with van der Waals surface area (Å²) in [5.74, 6) is 3.97. The van der Waals surface area contributed by atoms with Crippen LogP contribution in [-0.4, -0.2) is 50.7 Å². The highest BCUT2D eigenvalue weighted by Gasteiger charge is 2.41. The molecule has 2 aliphatic heterocycles. The fourth-order valence-electron chi connectivity index (χ4n) is 4.46. The Morgan fingerprint density at radius 1 is 1.00 bits per heavy atom. The van der Waals surface area contributed by atoms with Crippen molar-refractivity contribution < 1.29 is 0 Å². The summed E-state index contributed by atoms with van der Waals surface area (Å²) in [6, 6.07) is 6.28. The Kier molecular flexibility index (Phi) is 3.77. The van der Waals surface area contributed by atoms with Gasteiger partial charge in [-0.2, -0.15) is 9.61 Å². The molecule has 0 spiro atoms. The molecule has 5 rings (SSSR count). The van der Waals surface area contributed by atoms with Crippen molar-refractivity contribution >= 4 is 17.3 Å². The van der Waals surface area contributed by atoms with Gasteiger partial charge in [0.05, 0.1) is 6.20 Å². The van der Waals surface area contributed by atoms with E-state index in [-0.39, 0.29) is 0 Å². The molecule has 27 heavy (non-hydrogen) atoms. The maximum atomic E-state index is 4.57. The minimum Gasteiger partial charge on any atom is -0.356 e. The Bertz CT molecular complexity index is 965. The summed E-state index contributed by atoms with van der Waals surface area (Å²) in [6.45, 7) is 10.6. The van der Waals surface area contributed by atoms with Gasteiger partial charge in [0.1, 0.15) is 18.0 Å². The second kappa shape index (κ2) is 6.18. The van der Waals surface area contributed by atoms with Gasteiger partial charge in [0.25, 0.3) is 0 Å². The van der Waals surface area contributed by atoms with Crippen molar-refractivity contribution in [1.82, 2.24) is 24.6 Å². The first-order valence-corrected chi connectivity index (χ1v) is 9.71. The molecule has 3 aromatic heterocycles. The molecule has 0 bridgehead atoms. The minimum absolute atomic E-state index is 0.427. The molecule has 7 heteroatoms. The molecule has 0 radical (unpaired) electrons. The normalized spacial score (nSPS) is 22.2. The van der Waals surface area contributed by atoms with Gasteiger partial charge in [0.2, 0.25) is 0 Å². The van der Waals surface area contributed by atoms with Crippen molar-refractivity contribution in [3.8, 4) is 0 Å². The zero-order chi connectivity index (χ0) is 18.5. The first-order chi connectivity index (χ1) is 13.1. The van der Waals surface area contributed by atoms with Crippen molar-refractivity contribution in [2.75, 3.05) is 36.0 Å². The maximum Gasteiger partial charge on any atom is 0.157 e. The third-order valence-corrected chi connectivity index (χ3v) is 5.87. The van der Waals surface area contributed by atoms with Crippen LogP contribution >= 0.6 is 0 Å². The van der Waals surface area contributed by atoms with E-state index < -0.39 is 0 Å². The van der Waals surface area contributed by atoms with Crippen LogP contribution in [0, 0.1) is 18.8 Å². The van der Waals surface area contributed by atoms with Crippen LogP contribution in [0.25, 0.3) is 5.65 Å². The molecule has 2 saturated heterocycles. The molecule has 0 amide bonds. The molecule has 2 atom stereocenters. The third kappa shape index (κ3) is 2.81. The second-order valence-corrected chi connectivity index (χ2v) is 8.14. The molecule has 2 fully saturated rings. The number of hydrogen-bond donors (Lipinski definition) is 0. The highest BCUT2D eigenvalue weighted by Crippen LogP contribution is 2.36. The highest BCUT2D eigenvalue weighted by atomic mass is 15.4. The van der Waals surface area contributed by atoms with Crippen LogP contribution in [-0.2, 0) is 0 Å². The number of fused-ring (bicyclic) bond motifs is 2. The van der Waals surface area contributed by atoms with Crippen molar-refractivity contribution in [3.63, 3.8) is 0 Å². The quantitative estimate of drug-likeness (QED) is 0.713. The van der Waals surface area contributed by atoms with Crippen LogP contribution in [0.3, 0.4) is 0 Å². The summed E-state index contributed by atoms with van der Waals surface area (Å²) in [5.41, 5.74) is 3.08. The molecular formula is C20H25N7. The number of rotatable bonds is 3. The Hall–Kier alpha value is -2.70. The van der Waals surface area contributed by atoms with E-state index in [1.807, 2.05) is 16.8 Å². The van der Waals surface area contributed by atoms with E-state index >= 15 is 0 Å². The van der Waals surface area contributed by atoms with Crippen LogP contribution < -0.4 is 9.80 Å². The van der Waals surface area contributed by atoms with Gasteiger partial charge in [-0.15, -0.1) is 0 Å². The van der Waals surface area contributed by atoms with Gasteiger partial charge in [0.15, 0.2) is 5.65 Å². The zero-order valence-electron chi connectivity index (χ0n) is 16.1. The largest absolute Gasteiger partial charge is 0.356 e. The fraction of sp³-hybridized carbons (Fsp3) is 0.500. The molecule has 140 valence electrons. The lowest BCUT2D eigenvalue weighted by Gasteiger charge is -2.24. The lowest BCUT2D eigenvalue weighted by molar-refractivity contribution is 0.533. The SMILES string of the molecule is Cc1cc(N2CC3CN(c4cc(C(C)C)ncn4)CC3C2)n2nccc2n1. The molecule has 0 saturated carbocycles. The van der Waals surface area contributed by atoms with Crippen molar-refractivity contribution in [3.05, 3.63) is 42.1 Å². The van der Waals surface area contributed by atoms with E-state index in [0.29, 0.717) is 17.8 Å². The van der Waals surface area contributed by atoms with Gasteiger partial charge in [-0.3, -0.25) is 0 Å². The summed E-state index contributed by atoms with van der Waals surface area (Å²) in [6.07, 6.45) is 3.53. The smallest absolute Gasteiger partial charge is 0.157 e. The van der Waals surface area contributed by atoms with Gasteiger partial charge in [-0.05, 0) is 12.8 Å². The van der Waals surface area contributed by atoms with E-state index in [2.05, 4.69) is 62.8 Å². The van der Waals surface area contributed by atoms with Crippen LogP contribution in [0.4, 0.5) is 11.6 Å². The van der Waals surface area contributed by atoms with E-state index in [4.69, 9.17) is 0 Å². The predicted molar refractivity (Wildman–Crippen MR) is 105 cm³/mol. The maximum absolute atomic E-state index is 4.57. The van der Waals surface area contributed by atoms with E-state index in [1.165, 1.54) is 0 Å². The predicted octanol–water partition coefficient (Wildman–Crippen LogP) is 2.52. The van der Waals surface area contributed by atoms with Crippen molar-refractivity contribution in [2.45, 2.75) is 26.7 Å². The standard InChI is InChI=1S/C20H25N7/c1-13(2)17-7-19(22-12-21-17)25-8-15-10-26(11-16(15)9-25)20-6-14(3)24-18-4-5-23-27(18)20/h4-7,12-13,15-16H,8-11H2,1-3H3. The first-order valence-electron chi connectivity index (χ1n) is 9.71. The molecular weight excluding hydrogens is 338 g/mol. The average molecular weight is 363 g/mol. The summed E-state index contributed by atoms with van der Waals surface area (Å²) < 4.78 is 1.96. The second-order valence-electron chi connectivity index (χ2n) is 8.14.